The van der Waals surface area contributed by atoms with Crippen LogP contribution in [0.1, 0.15) is 151 Å². The molecule has 0 saturated heterocycles. The minimum absolute atomic E-state index is 0.137. The van der Waals surface area contributed by atoms with Gasteiger partial charge in [0.25, 0.3) is 0 Å². The van der Waals surface area contributed by atoms with Gasteiger partial charge in [-0.25, -0.2) is 0 Å². The summed E-state index contributed by atoms with van der Waals surface area (Å²) < 4.78 is 11.8. The van der Waals surface area contributed by atoms with Crippen molar-refractivity contribution in [2.75, 3.05) is 0 Å². The SMILES string of the molecule is CCC[CH2][Sn]([CH2]CCC)([CH2]CCC)[C](=CC(O)C1CCCCC1)[Sn]([CH2]CCC)([CH2]CCC)[CH2]CCC. The number of unbranched alkanes of at least 4 members (excludes halogenated alkanes) is 6. The van der Waals surface area contributed by atoms with Crippen LogP contribution in [0.2, 0.25) is 26.6 Å². The standard InChI is InChI=1S/C9H14O.6C4H9.2Sn/c1-2-9(10)8-6-4-3-5-7-8;6*1-3-4-2;;/h2,8-10H,3-7H2;6*1,3-4H2,2H3;;. The van der Waals surface area contributed by atoms with Crippen molar-refractivity contribution in [1.29, 1.82) is 0 Å². The minimum atomic E-state index is -2.62. The van der Waals surface area contributed by atoms with Crippen molar-refractivity contribution in [3.8, 4) is 0 Å². The third kappa shape index (κ3) is 11.8. The molecule has 0 bridgehead atoms. The molecular weight excluding hydrogens is 650 g/mol. The molecular formula is C33H68OSn2. The first-order chi connectivity index (χ1) is 17.5. The summed E-state index contributed by atoms with van der Waals surface area (Å²) in [4.78, 5) is 0. The molecule has 0 aromatic heterocycles. The van der Waals surface area contributed by atoms with E-state index in [1.807, 2.05) is 0 Å². The molecule has 1 saturated carbocycles. The number of aliphatic hydroxyl groups excluding tert-OH is 1. The van der Waals surface area contributed by atoms with Crippen LogP contribution in [0, 0.1) is 5.92 Å². The Hall–Kier alpha value is 1.30. The van der Waals surface area contributed by atoms with E-state index in [0.717, 1.165) is 0 Å². The molecule has 0 heterocycles. The van der Waals surface area contributed by atoms with E-state index in [-0.39, 0.29) is 6.10 Å². The number of hydrogen-bond donors (Lipinski definition) is 1. The maximum absolute atomic E-state index is 11.9. The van der Waals surface area contributed by atoms with Gasteiger partial charge in [0.05, 0.1) is 0 Å². The van der Waals surface area contributed by atoms with Gasteiger partial charge in [0.2, 0.25) is 0 Å². The van der Waals surface area contributed by atoms with E-state index in [4.69, 9.17) is 0 Å². The summed E-state index contributed by atoms with van der Waals surface area (Å²) in [6, 6.07) is 0. The Bertz CT molecular complexity index is 474. The van der Waals surface area contributed by atoms with Crippen molar-refractivity contribution in [1.82, 2.24) is 0 Å². The molecule has 214 valence electrons. The summed E-state index contributed by atoms with van der Waals surface area (Å²) in [6.07, 6.45) is 26.1. The molecule has 0 aliphatic heterocycles. The van der Waals surface area contributed by atoms with Crippen molar-refractivity contribution < 1.29 is 5.11 Å². The van der Waals surface area contributed by atoms with Gasteiger partial charge in [-0.1, -0.05) is 0 Å². The average Bonchev–Trinajstić information content (AvgIpc) is 2.92. The second kappa shape index (κ2) is 21.1. The molecule has 0 aromatic carbocycles. The third-order valence-corrected chi connectivity index (χ3v) is 59.9. The molecule has 0 amide bonds. The molecule has 1 nitrogen and oxygen atoms in total. The summed E-state index contributed by atoms with van der Waals surface area (Å²) in [5, 5.41) is 11.9. The maximum atomic E-state index is 11.9. The van der Waals surface area contributed by atoms with Gasteiger partial charge in [0.15, 0.2) is 0 Å². The van der Waals surface area contributed by atoms with Gasteiger partial charge in [-0.2, -0.15) is 0 Å². The van der Waals surface area contributed by atoms with Crippen LogP contribution >= 0.6 is 0 Å². The van der Waals surface area contributed by atoms with Crippen LogP contribution in [0.15, 0.2) is 7.68 Å². The monoisotopic (exact) mass is 720 g/mol. The van der Waals surface area contributed by atoms with Crippen LogP contribution in [-0.2, 0) is 0 Å². The number of aliphatic hydroxyl groups is 1. The van der Waals surface area contributed by atoms with Gasteiger partial charge in [-0.15, -0.1) is 0 Å². The summed E-state index contributed by atoms with van der Waals surface area (Å²) in [6.45, 7) is 14.6. The second-order valence-corrected chi connectivity index (χ2v) is 43.0. The third-order valence-electron chi connectivity index (χ3n) is 9.67. The van der Waals surface area contributed by atoms with E-state index < -0.39 is 36.8 Å². The van der Waals surface area contributed by atoms with Crippen LogP contribution in [0.5, 0.6) is 0 Å². The van der Waals surface area contributed by atoms with Crippen LogP contribution in [-0.4, -0.2) is 48.0 Å². The Morgan fingerprint density at radius 1 is 0.583 bits per heavy atom. The van der Waals surface area contributed by atoms with Crippen molar-refractivity contribution in [3.63, 3.8) is 0 Å². The first kappa shape index (κ1) is 35.3. The fraction of sp³-hybridized carbons (Fsp3) is 0.939. The molecule has 0 radical (unpaired) electrons. The van der Waals surface area contributed by atoms with E-state index in [0.29, 0.717) is 5.92 Å². The Balaban J connectivity index is 3.78. The van der Waals surface area contributed by atoms with Gasteiger partial charge in [-0.05, 0) is 0 Å². The molecule has 1 N–H and O–H groups in total. The predicted octanol–water partition coefficient (Wildman–Crippen LogP) is 11.6. The fourth-order valence-electron chi connectivity index (χ4n) is 7.35. The summed E-state index contributed by atoms with van der Waals surface area (Å²) in [5.74, 6) is 0.550. The van der Waals surface area contributed by atoms with E-state index in [1.54, 1.807) is 26.6 Å². The summed E-state index contributed by atoms with van der Waals surface area (Å²) in [5.41, 5.74) is 0. The van der Waals surface area contributed by atoms with Crippen LogP contribution in [0.4, 0.5) is 0 Å². The summed E-state index contributed by atoms with van der Waals surface area (Å²) in [7, 11) is 0. The van der Waals surface area contributed by atoms with Crippen LogP contribution in [0.25, 0.3) is 0 Å². The van der Waals surface area contributed by atoms with Gasteiger partial charge in [0.1, 0.15) is 0 Å². The normalized spacial score (nSPS) is 16.3. The van der Waals surface area contributed by atoms with Gasteiger partial charge < -0.3 is 0 Å². The van der Waals surface area contributed by atoms with E-state index in [9.17, 15) is 5.11 Å². The Morgan fingerprint density at radius 2 is 0.889 bits per heavy atom. The zero-order valence-electron chi connectivity index (χ0n) is 25.9. The van der Waals surface area contributed by atoms with Gasteiger partial charge in [-0.3, -0.25) is 0 Å². The average molecular weight is 718 g/mol. The fourth-order valence-corrected chi connectivity index (χ4v) is 76.0. The molecule has 3 heteroatoms. The Kier molecular flexibility index (Phi) is 20.7. The molecule has 0 aromatic rings. The second-order valence-electron chi connectivity index (χ2n) is 12.7. The van der Waals surface area contributed by atoms with Gasteiger partial charge in [0, 0.05) is 0 Å². The molecule has 1 aliphatic carbocycles. The first-order valence-corrected chi connectivity index (χ1v) is 31.9. The van der Waals surface area contributed by atoms with E-state index in [2.05, 4.69) is 49.2 Å². The quantitative estimate of drug-likeness (QED) is 0.111. The molecule has 1 fully saturated rings. The van der Waals surface area contributed by atoms with Crippen LogP contribution < -0.4 is 0 Å². The zero-order valence-corrected chi connectivity index (χ0v) is 31.7. The van der Waals surface area contributed by atoms with Crippen LogP contribution in [0.3, 0.4) is 0 Å². The molecule has 1 atom stereocenters. The molecule has 1 unspecified atom stereocenters. The predicted molar refractivity (Wildman–Crippen MR) is 170 cm³/mol. The molecule has 1 aliphatic rings. The van der Waals surface area contributed by atoms with E-state index >= 15 is 0 Å². The van der Waals surface area contributed by atoms with Crippen molar-refractivity contribution in [2.45, 2.75) is 183 Å². The topological polar surface area (TPSA) is 20.2 Å². The molecule has 36 heavy (non-hydrogen) atoms. The first-order valence-electron chi connectivity index (χ1n) is 16.9. The number of rotatable bonds is 22. The van der Waals surface area contributed by atoms with Gasteiger partial charge >= 0.3 is 239 Å². The molecule has 1 rings (SSSR count). The zero-order chi connectivity index (χ0) is 26.7. The van der Waals surface area contributed by atoms with E-state index in [1.165, 1.54) is 109 Å². The Labute approximate surface area is 237 Å². The Morgan fingerprint density at radius 3 is 1.17 bits per heavy atom. The summed E-state index contributed by atoms with van der Waals surface area (Å²) >= 11 is -5.24. The number of hydrogen-bond acceptors (Lipinski definition) is 1. The van der Waals surface area contributed by atoms with Crippen molar-refractivity contribution in [3.05, 3.63) is 7.68 Å². The van der Waals surface area contributed by atoms with Crippen molar-refractivity contribution >= 4 is 36.8 Å². The molecule has 0 spiro atoms. The van der Waals surface area contributed by atoms with Crippen molar-refractivity contribution in [2.24, 2.45) is 5.92 Å².